The summed E-state index contributed by atoms with van der Waals surface area (Å²) in [5.41, 5.74) is 1.18. The first-order chi connectivity index (χ1) is 19.4. The number of aromatic hydroxyl groups is 1. The van der Waals surface area contributed by atoms with E-state index in [9.17, 15) is 33.9 Å². The maximum Gasteiger partial charge on any atom is 0.258 e. The first kappa shape index (κ1) is 27.4. The maximum atomic E-state index is 14.1. The van der Waals surface area contributed by atoms with Crippen LogP contribution in [0.25, 0.3) is 6.08 Å². The number of imide groups is 2. The van der Waals surface area contributed by atoms with Crippen molar-refractivity contribution < 1.29 is 38.6 Å². The summed E-state index contributed by atoms with van der Waals surface area (Å²) in [4.78, 5) is 50.5. The summed E-state index contributed by atoms with van der Waals surface area (Å²) in [7, 11) is 1.39. The number of carbonyl (C=O) groups is 4. The van der Waals surface area contributed by atoms with Gasteiger partial charge in [0.25, 0.3) is 23.6 Å². The van der Waals surface area contributed by atoms with Crippen LogP contribution in [0.2, 0.25) is 0 Å². The molecule has 2 saturated heterocycles. The zero-order chi connectivity index (χ0) is 29.4. The SMILES string of the molecule is COc1cc(C=C[C@H]2C3=CC[C@@H]4C(=O)N(O)C(=O)[C@@H]4[C@@H]3C[C@@]3(Cl)C(=O)N(c4ccc(F)cc4)C(=O)[C@@]23Cl)ccc1O. The molecule has 2 N–H and O–H groups in total. The zero-order valence-corrected chi connectivity index (χ0v) is 23.0. The van der Waals surface area contributed by atoms with Crippen LogP contribution >= 0.6 is 23.2 Å². The smallest absolute Gasteiger partial charge is 0.258 e. The second-order valence-corrected chi connectivity index (χ2v) is 11.8. The number of alkyl halides is 2. The number of ether oxygens (including phenoxy) is 1. The Labute approximate surface area is 243 Å². The summed E-state index contributed by atoms with van der Waals surface area (Å²) in [6.45, 7) is 0. The van der Waals surface area contributed by atoms with Crippen LogP contribution < -0.4 is 9.64 Å². The van der Waals surface area contributed by atoms with Crippen LogP contribution in [0.15, 0.2) is 60.2 Å². The molecule has 2 aromatic rings. The second kappa shape index (κ2) is 9.40. The van der Waals surface area contributed by atoms with E-state index < -0.39 is 62.9 Å². The first-order valence-corrected chi connectivity index (χ1v) is 13.5. The number of allylic oxidation sites excluding steroid dienone is 3. The molecular weight excluding hydrogens is 578 g/mol. The summed E-state index contributed by atoms with van der Waals surface area (Å²) in [5, 5.41) is 20.2. The lowest BCUT2D eigenvalue weighted by molar-refractivity contribution is -0.173. The lowest BCUT2D eigenvalue weighted by Crippen LogP contribution is -2.60. The molecule has 12 heteroatoms. The van der Waals surface area contributed by atoms with Crippen LogP contribution in [0.3, 0.4) is 0 Å². The zero-order valence-electron chi connectivity index (χ0n) is 21.5. The van der Waals surface area contributed by atoms with Gasteiger partial charge in [-0.1, -0.05) is 29.9 Å². The number of halogens is 3. The number of benzene rings is 2. The highest BCUT2D eigenvalue weighted by atomic mass is 35.5. The summed E-state index contributed by atoms with van der Waals surface area (Å²) in [6, 6.07) is 9.31. The average molecular weight is 601 g/mol. The van der Waals surface area contributed by atoms with Crippen LogP contribution in [0.5, 0.6) is 11.5 Å². The van der Waals surface area contributed by atoms with Gasteiger partial charge >= 0.3 is 0 Å². The molecule has 0 unspecified atom stereocenters. The van der Waals surface area contributed by atoms with Crippen molar-refractivity contribution in [2.24, 2.45) is 23.7 Å². The molecule has 2 aromatic carbocycles. The van der Waals surface area contributed by atoms with Gasteiger partial charge in [0.15, 0.2) is 21.2 Å². The van der Waals surface area contributed by atoms with Gasteiger partial charge in [0.1, 0.15) is 5.82 Å². The summed E-state index contributed by atoms with van der Waals surface area (Å²) in [6.07, 6.45) is 4.81. The lowest BCUT2D eigenvalue weighted by Gasteiger charge is -2.49. The highest BCUT2D eigenvalue weighted by Gasteiger charge is 2.76. The van der Waals surface area contributed by atoms with Gasteiger partial charge in [-0.2, -0.15) is 5.06 Å². The molecule has 6 rings (SSSR count). The Balaban J connectivity index is 1.51. The number of nitrogens with zero attached hydrogens (tertiary/aromatic N) is 2. The van der Waals surface area contributed by atoms with Crippen molar-refractivity contribution in [2.45, 2.75) is 22.6 Å². The van der Waals surface area contributed by atoms with Crippen molar-refractivity contribution in [3.63, 3.8) is 0 Å². The van der Waals surface area contributed by atoms with Crippen molar-refractivity contribution in [1.29, 1.82) is 0 Å². The van der Waals surface area contributed by atoms with Gasteiger partial charge in [-0.25, -0.2) is 9.29 Å². The van der Waals surface area contributed by atoms with Crippen LogP contribution in [0, 0.1) is 29.5 Å². The number of carbonyl (C=O) groups excluding carboxylic acids is 4. The van der Waals surface area contributed by atoms with E-state index in [0.29, 0.717) is 11.1 Å². The molecule has 212 valence electrons. The van der Waals surface area contributed by atoms with Gasteiger partial charge in [0.05, 0.1) is 24.6 Å². The van der Waals surface area contributed by atoms with Crippen LogP contribution in [0.1, 0.15) is 18.4 Å². The van der Waals surface area contributed by atoms with E-state index in [0.717, 1.165) is 17.0 Å². The predicted molar refractivity (Wildman–Crippen MR) is 145 cm³/mol. The molecule has 2 aliphatic heterocycles. The fourth-order valence-electron chi connectivity index (χ4n) is 6.64. The Morgan fingerprint density at radius 2 is 1.73 bits per heavy atom. The third kappa shape index (κ3) is 3.70. The van der Waals surface area contributed by atoms with Gasteiger partial charge in [-0.3, -0.25) is 24.4 Å². The normalized spacial score (nSPS) is 32.8. The number of phenolic OH excluding ortho intramolecular Hbond substituents is 1. The molecule has 4 aliphatic rings. The Hall–Kier alpha value is -3.73. The van der Waals surface area contributed by atoms with E-state index in [1.54, 1.807) is 30.4 Å². The molecule has 41 heavy (non-hydrogen) atoms. The van der Waals surface area contributed by atoms with Crippen molar-refractivity contribution in [3.05, 3.63) is 71.6 Å². The fourth-order valence-corrected chi connectivity index (χ4v) is 7.53. The molecular formula is C29H23Cl2FN2O7. The monoisotopic (exact) mass is 600 g/mol. The molecule has 0 radical (unpaired) electrons. The first-order valence-electron chi connectivity index (χ1n) is 12.8. The van der Waals surface area contributed by atoms with E-state index in [2.05, 4.69) is 0 Å². The molecule has 2 heterocycles. The maximum absolute atomic E-state index is 14.1. The van der Waals surface area contributed by atoms with E-state index in [-0.39, 0.29) is 35.1 Å². The quantitative estimate of drug-likeness (QED) is 0.235. The molecule has 1 saturated carbocycles. The van der Waals surface area contributed by atoms with Gasteiger partial charge in [0, 0.05) is 5.92 Å². The number of hydrogen-bond donors (Lipinski definition) is 2. The van der Waals surface area contributed by atoms with E-state index in [1.165, 1.54) is 25.3 Å². The molecule has 2 aliphatic carbocycles. The number of amides is 4. The lowest BCUT2D eigenvalue weighted by atomic mass is 9.57. The fraction of sp³-hybridized carbons (Fsp3) is 0.310. The van der Waals surface area contributed by atoms with Crippen molar-refractivity contribution in [2.75, 3.05) is 12.0 Å². The Morgan fingerprint density at radius 1 is 1.02 bits per heavy atom. The molecule has 4 amide bonds. The number of hydroxylamine groups is 2. The molecule has 3 fully saturated rings. The number of hydrogen-bond acceptors (Lipinski definition) is 7. The predicted octanol–water partition coefficient (Wildman–Crippen LogP) is 4.04. The van der Waals surface area contributed by atoms with Crippen LogP contribution in [-0.4, -0.2) is 55.9 Å². The van der Waals surface area contributed by atoms with Crippen molar-refractivity contribution >= 4 is 58.6 Å². The summed E-state index contributed by atoms with van der Waals surface area (Å²) in [5.74, 6) is -7.33. The molecule has 0 bridgehead atoms. The molecule has 6 atom stereocenters. The van der Waals surface area contributed by atoms with Gasteiger partial charge in [-0.05, 0) is 60.7 Å². The van der Waals surface area contributed by atoms with Gasteiger partial charge in [0.2, 0.25) is 0 Å². The van der Waals surface area contributed by atoms with Crippen molar-refractivity contribution in [1.82, 2.24) is 5.06 Å². The molecule has 0 aromatic heterocycles. The van der Waals surface area contributed by atoms with E-state index >= 15 is 0 Å². The number of rotatable bonds is 4. The Kier molecular flexibility index (Phi) is 6.29. The third-order valence-electron chi connectivity index (χ3n) is 8.61. The standard InChI is InChI=1S/C29H23Cl2FN2O7/c1-41-22-12-14(3-11-21(22)35)2-10-20-17-8-9-18-23(25(37)34(40)24(18)36)19(17)13-28(30)26(38)33(27(39)29(20,28)31)16-6-4-15(32)5-7-16/h2-8,10-12,18-20,23,35,40H,9,13H2,1H3/t18-,19+,20-,23-,28+,29-/m0/s1. The molecule has 0 spiro atoms. The molecule has 9 nitrogen and oxygen atoms in total. The Morgan fingerprint density at radius 3 is 2.41 bits per heavy atom. The van der Waals surface area contributed by atoms with Gasteiger partial charge < -0.3 is 9.84 Å². The van der Waals surface area contributed by atoms with E-state index in [1.807, 2.05) is 0 Å². The third-order valence-corrected chi connectivity index (χ3v) is 10.0. The number of fused-ring (bicyclic) bond motifs is 4. The summed E-state index contributed by atoms with van der Waals surface area (Å²) < 4.78 is 18.9. The summed E-state index contributed by atoms with van der Waals surface area (Å²) >= 11 is 14.3. The van der Waals surface area contributed by atoms with Crippen LogP contribution in [-0.2, 0) is 19.2 Å². The highest BCUT2D eigenvalue weighted by Crippen LogP contribution is 2.63. The second-order valence-electron chi connectivity index (χ2n) is 10.6. The Bertz CT molecular complexity index is 1580. The minimum absolute atomic E-state index is 0.0744. The minimum atomic E-state index is -2.06. The number of methoxy groups -OCH3 is 1. The topological polar surface area (TPSA) is 124 Å². The van der Waals surface area contributed by atoms with Crippen LogP contribution in [0.4, 0.5) is 10.1 Å². The number of phenols is 1. The van der Waals surface area contributed by atoms with E-state index in [4.69, 9.17) is 27.9 Å². The van der Waals surface area contributed by atoms with Crippen molar-refractivity contribution in [3.8, 4) is 11.5 Å². The largest absolute Gasteiger partial charge is 0.504 e. The minimum Gasteiger partial charge on any atom is -0.504 e. The highest BCUT2D eigenvalue weighted by molar-refractivity contribution is 6.57. The van der Waals surface area contributed by atoms with Gasteiger partial charge in [-0.15, -0.1) is 23.2 Å². The average Bonchev–Trinajstić information content (AvgIpc) is 3.27. The number of anilines is 1.